The number of hydrogen-bond acceptors (Lipinski definition) is 4. The van der Waals surface area contributed by atoms with Crippen molar-refractivity contribution in [3.8, 4) is 0 Å². The second-order valence-corrected chi connectivity index (χ2v) is 6.76. The maximum atomic E-state index is 12.7. The van der Waals surface area contributed by atoms with Crippen molar-refractivity contribution in [1.82, 2.24) is 14.8 Å². The molecule has 136 valence electrons. The molecule has 1 aromatic carbocycles. The summed E-state index contributed by atoms with van der Waals surface area (Å²) in [5.74, 6) is -0.341. The summed E-state index contributed by atoms with van der Waals surface area (Å²) >= 11 is 0. The Bertz CT molecular complexity index is 826. The van der Waals surface area contributed by atoms with E-state index in [0.717, 1.165) is 29.9 Å². The van der Waals surface area contributed by atoms with Gasteiger partial charge in [0, 0.05) is 44.3 Å². The molecule has 0 aliphatic carbocycles. The Morgan fingerprint density at radius 2 is 1.73 bits per heavy atom. The Labute approximate surface area is 153 Å². The number of aromatic nitrogens is 1. The monoisotopic (exact) mass is 352 g/mol. The Kier molecular flexibility index (Phi) is 5.32. The number of hydrogen-bond donors (Lipinski definition) is 1. The van der Waals surface area contributed by atoms with Gasteiger partial charge < -0.3 is 15.1 Å². The quantitative estimate of drug-likeness (QED) is 0.921. The fraction of sp³-hybridized carbons (Fsp3) is 0.350. The molecule has 1 saturated heterocycles. The molecule has 1 N–H and O–H groups in total. The van der Waals surface area contributed by atoms with Gasteiger partial charge in [0.05, 0.1) is 11.1 Å². The molecule has 0 unspecified atom stereocenters. The zero-order chi connectivity index (χ0) is 18.7. The normalized spacial score (nSPS) is 15.0. The van der Waals surface area contributed by atoms with Gasteiger partial charge in [-0.2, -0.15) is 0 Å². The summed E-state index contributed by atoms with van der Waals surface area (Å²) < 4.78 is 0. The molecule has 1 aromatic heterocycles. The lowest BCUT2D eigenvalue weighted by atomic mass is 10.1. The summed E-state index contributed by atoms with van der Waals surface area (Å²) in [4.78, 5) is 33.4. The summed E-state index contributed by atoms with van der Waals surface area (Å²) in [6.45, 7) is 7.05. The van der Waals surface area contributed by atoms with E-state index in [2.05, 4.69) is 15.2 Å². The van der Waals surface area contributed by atoms with Crippen LogP contribution >= 0.6 is 0 Å². The van der Waals surface area contributed by atoms with Crippen molar-refractivity contribution in [2.24, 2.45) is 0 Å². The lowest BCUT2D eigenvalue weighted by molar-refractivity contribution is 0.0663. The summed E-state index contributed by atoms with van der Waals surface area (Å²) in [5, 5.41) is 2.91. The highest BCUT2D eigenvalue weighted by Crippen LogP contribution is 2.19. The number of nitrogens with one attached hydrogen (secondary N) is 1. The van der Waals surface area contributed by atoms with Gasteiger partial charge in [0.2, 0.25) is 0 Å². The minimum Gasteiger partial charge on any atom is -0.336 e. The van der Waals surface area contributed by atoms with Crippen LogP contribution in [0.25, 0.3) is 0 Å². The highest BCUT2D eigenvalue weighted by atomic mass is 16.2. The average molecular weight is 352 g/mol. The Morgan fingerprint density at radius 3 is 2.46 bits per heavy atom. The van der Waals surface area contributed by atoms with Crippen molar-refractivity contribution in [2.45, 2.75) is 13.8 Å². The third-order valence-electron chi connectivity index (χ3n) is 4.89. The van der Waals surface area contributed by atoms with E-state index in [1.54, 1.807) is 6.07 Å². The first kappa shape index (κ1) is 18.1. The third kappa shape index (κ3) is 3.91. The lowest BCUT2D eigenvalue weighted by Gasteiger charge is -2.32. The molecule has 0 saturated carbocycles. The predicted molar refractivity (Wildman–Crippen MR) is 102 cm³/mol. The van der Waals surface area contributed by atoms with Gasteiger partial charge >= 0.3 is 0 Å². The molecule has 1 aliphatic heterocycles. The molecular weight excluding hydrogens is 328 g/mol. The van der Waals surface area contributed by atoms with Gasteiger partial charge in [0.25, 0.3) is 11.8 Å². The van der Waals surface area contributed by atoms with Crippen molar-refractivity contribution >= 4 is 17.5 Å². The first-order chi connectivity index (χ1) is 12.5. The number of anilines is 1. The van der Waals surface area contributed by atoms with Gasteiger partial charge in [-0.05, 0) is 44.2 Å². The van der Waals surface area contributed by atoms with Crippen LogP contribution in [0.1, 0.15) is 31.8 Å². The molecule has 0 atom stereocenters. The molecule has 6 heteroatoms. The van der Waals surface area contributed by atoms with Crippen LogP contribution in [0.5, 0.6) is 0 Å². The standard InChI is InChI=1S/C20H24N4O2/c1-14-5-4-6-18(15(14)2)22-19(25)16-11-17(13-21-12-16)20(26)24-9-7-23(3)8-10-24/h4-6,11-13H,7-10H2,1-3H3,(H,22,25). The SMILES string of the molecule is Cc1cccc(NC(=O)c2cncc(C(=O)N3CCN(C)CC3)c2)c1C. The van der Waals surface area contributed by atoms with E-state index in [9.17, 15) is 9.59 Å². The Balaban J connectivity index is 1.75. The number of amides is 2. The minimum absolute atomic E-state index is 0.0769. The second kappa shape index (κ2) is 7.66. The van der Waals surface area contributed by atoms with Crippen molar-refractivity contribution in [1.29, 1.82) is 0 Å². The van der Waals surface area contributed by atoms with Crippen LogP contribution in [0.4, 0.5) is 5.69 Å². The maximum absolute atomic E-state index is 12.7. The van der Waals surface area contributed by atoms with Gasteiger partial charge in [0.1, 0.15) is 0 Å². The molecule has 2 aromatic rings. The molecule has 0 radical (unpaired) electrons. The Hall–Kier alpha value is -2.73. The van der Waals surface area contributed by atoms with E-state index in [1.165, 1.54) is 12.4 Å². The molecule has 2 heterocycles. The molecule has 26 heavy (non-hydrogen) atoms. The van der Waals surface area contributed by atoms with E-state index in [0.29, 0.717) is 24.2 Å². The number of carbonyl (C=O) groups excluding carboxylic acids is 2. The number of carbonyl (C=O) groups is 2. The van der Waals surface area contributed by atoms with Crippen LogP contribution in [0, 0.1) is 13.8 Å². The summed E-state index contributed by atoms with van der Waals surface area (Å²) in [7, 11) is 2.04. The minimum atomic E-state index is -0.265. The van der Waals surface area contributed by atoms with E-state index in [-0.39, 0.29) is 11.8 Å². The largest absolute Gasteiger partial charge is 0.336 e. The van der Waals surface area contributed by atoms with Crippen LogP contribution in [0.15, 0.2) is 36.7 Å². The fourth-order valence-electron chi connectivity index (χ4n) is 2.95. The number of piperazine rings is 1. The second-order valence-electron chi connectivity index (χ2n) is 6.76. The van der Waals surface area contributed by atoms with Gasteiger partial charge in [-0.1, -0.05) is 12.1 Å². The molecular formula is C20H24N4O2. The topological polar surface area (TPSA) is 65.5 Å². The van der Waals surface area contributed by atoms with E-state index in [1.807, 2.05) is 44.0 Å². The summed E-state index contributed by atoms with van der Waals surface area (Å²) in [6.07, 6.45) is 3.01. The van der Waals surface area contributed by atoms with Crippen LogP contribution < -0.4 is 5.32 Å². The fourth-order valence-corrected chi connectivity index (χ4v) is 2.95. The van der Waals surface area contributed by atoms with E-state index >= 15 is 0 Å². The van der Waals surface area contributed by atoms with Gasteiger partial charge in [-0.3, -0.25) is 14.6 Å². The number of nitrogens with zero attached hydrogens (tertiary/aromatic N) is 3. The van der Waals surface area contributed by atoms with Crippen LogP contribution in [-0.4, -0.2) is 59.8 Å². The number of rotatable bonds is 3. The number of pyridine rings is 1. The number of likely N-dealkylation sites (N-methyl/N-ethyl adjacent to an activating group) is 1. The van der Waals surface area contributed by atoms with Gasteiger partial charge in [-0.25, -0.2) is 0 Å². The van der Waals surface area contributed by atoms with E-state index in [4.69, 9.17) is 0 Å². The zero-order valence-corrected chi connectivity index (χ0v) is 15.5. The van der Waals surface area contributed by atoms with Crippen molar-refractivity contribution in [3.63, 3.8) is 0 Å². The highest BCUT2D eigenvalue weighted by Gasteiger charge is 2.21. The Morgan fingerprint density at radius 1 is 1.04 bits per heavy atom. The van der Waals surface area contributed by atoms with Crippen LogP contribution in [0.2, 0.25) is 0 Å². The molecule has 6 nitrogen and oxygen atoms in total. The molecule has 2 amide bonds. The summed E-state index contributed by atoms with van der Waals surface area (Å²) in [5.41, 5.74) is 3.73. The first-order valence-corrected chi connectivity index (χ1v) is 8.76. The smallest absolute Gasteiger partial charge is 0.257 e. The van der Waals surface area contributed by atoms with Crippen molar-refractivity contribution in [3.05, 3.63) is 58.9 Å². The maximum Gasteiger partial charge on any atom is 0.257 e. The lowest BCUT2D eigenvalue weighted by Crippen LogP contribution is -2.47. The molecule has 0 spiro atoms. The van der Waals surface area contributed by atoms with Crippen LogP contribution in [0.3, 0.4) is 0 Å². The molecule has 0 bridgehead atoms. The number of aryl methyl sites for hydroxylation is 1. The van der Waals surface area contributed by atoms with Crippen molar-refractivity contribution in [2.75, 3.05) is 38.5 Å². The summed E-state index contributed by atoms with van der Waals surface area (Å²) in [6, 6.07) is 7.40. The van der Waals surface area contributed by atoms with Gasteiger partial charge in [-0.15, -0.1) is 0 Å². The molecule has 3 rings (SSSR count). The van der Waals surface area contributed by atoms with E-state index < -0.39 is 0 Å². The predicted octanol–water partition coefficient (Wildman–Crippen LogP) is 2.34. The zero-order valence-electron chi connectivity index (χ0n) is 15.5. The van der Waals surface area contributed by atoms with Crippen molar-refractivity contribution < 1.29 is 9.59 Å². The molecule has 1 aliphatic rings. The molecule has 1 fully saturated rings. The first-order valence-electron chi connectivity index (χ1n) is 8.76. The van der Waals surface area contributed by atoms with Crippen LogP contribution in [-0.2, 0) is 0 Å². The highest BCUT2D eigenvalue weighted by molar-refractivity contribution is 6.06. The average Bonchev–Trinajstić information content (AvgIpc) is 2.65. The van der Waals surface area contributed by atoms with Gasteiger partial charge in [0.15, 0.2) is 0 Å². The number of benzene rings is 1. The third-order valence-corrected chi connectivity index (χ3v) is 4.89.